The van der Waals surface area contributed by atoms with Crippen LogP contribution in [0, 0.1) is 0 Å². The first-order valence-corrected chi connectivity index (χ1v) is 37.9. The zero-order chi connectivity index (χ0) is 47.9. The van der Waals surface area contributed by atoms with E-state index in [2.05, 4.69) is 95.2 Å². The van der Waals surface area contributed by atoms with Crippen LogP contribution in [0.15, 0.2) is 75.6 Å². The molecular formula is C48H80N16O2P6. The highest BCUT2D eigenvalue weighted by atomic mass is 31.3. The highest BCUT2D eigenvalue weighted by Gasteiger charge is 2.56. The van der Waals surface area contributed by atoms with Gasteiger partial charge in [-0.3, -0.25) is 0 Å². The minimum absolute atomic E-state index is 0.725. The molecule has 12 aliphatic rings. The lowest BCUT2D eigenvalue weighted by atomic mass is 10.2. The first-order chi connectivity index (χ1) is 35.4. The van der Waals surface area contributed by atoms with Gasteiger partial charge in [0, 0.05) is 142 Å². The maximum Gasteiger partial charge on any atom is 0.334 e. The van der Waals surface area contributed by atoms with Crippen molar-refractivity contribution in [3.05, 3.63) is 59.7 Å². The third-order valence-electron chi connectivity index (χ3n) is 17.6. The Balaban J connectivity index is 0.979. The average molecular weight is 1100 g/mol. The monoisotopic (exact) mass is 1100 g/mol. The summed E-state index contributed by atoms with van der Waals surface area (Å²) in [6, 6.07) is 17.7. The van der Waals surface area contributed by atoms with Gasteiger partial charge >= 0.3 is 15.2 Å². The highest BCUT2D eigenvalue weighted by molar-refractivity contribution is 7.83. The Labute approximate surface area is 430 Å². The molecule has 24 heteroatoms. The Kier molecular flexibility index (Phi) is 13.7. The SMILES string of the molecule is c1ccc2c(c1)CN(CCN1Cc3ccccc3OP13=NP(N1CCCC1)(N1CCCC1)=NP(N1CCCC1)(N1CCCC1)=N3)P1(=NP(N3CCCC3)(N3CCCC3)=NP(N3CCCC3)(N3CCCC3)=N1)O2. The van der Waals surface area contributed by atoms with Crippen LogP contribution >= 0.6 is 45.2 Å². The molecule has 0 radical (unpaired) electrons. The van der Waals surface area contributed by atoms with Crippen LogP contribution in [0.5, 0.6) is 11.5 Å². The van der Waals surface area contributed by atoms with Crippen molar-refractivity contribution in [2.45, 2.75) is 116 Å². The molecule has 18 nitrogen and oxygen atoms in total. The maximum absolute atomic E-state index is 7.87. The lowest BCUT2D eigenvalue weighted by Crippen LogP contribution is -2.39. The summed E-state index contributed by atoms with van der Waals surface area (Å²) in [6.07, 6.45) is 19.3. The van der Waals surface area contributed by atoms with Crippen LogP contribution in [-0.2, 0) is 13.1 Å². The van der Waals surface area contributed by atoms with E-state index in [-0.39, 0.29) is 0 Å². The van der Waals surface area contributed by atoms with Crippen molar-refractivity contribution < 1.29 is 9.05 Å². The van der Waals surface area contributed by atoms with Gasteiger partial charge in [0.15, 0.2) is 0 Å². The summed E-state index contributed by atoms with van der Waals surface area (Å²) >= 11 is 0. The average Bonchev–Trinajstić information content (AvgIpc) is 4.28. The second-order valence-electron chi connectivity index (χ2n) is 22.2. The van der Waals surface area contributed by atoms with Crippen LogP contribution in [0.25, 0.3) is 0 Å². The van der Waals surface area contributed by atoms with E-state index in [1.807, 2.05) is 0 Å². The number of hydrogen-bond acceptors (Lipinski definition) is 18. The molecular weight excluding hydrogens is 1020 g/mol. The smallest absolute Gasteiger partial charge is 0.334 e. The van der Waals surface area contributed by atoms with E-state index < -0.39 is 45.2 Å². The molecule has 0 bridgehead atoms. The lowest BCUT2D eigenvalue weighted by Gasteiger charge is -2.50. The molecule has 12 aliphatic heterocycles. The largest absolute Gasteiger partial charge is 0.430 e. The second kappa shape index (κ2) is 20.0. The minimum atomic E-state index is -3.12. The topological polar surface area (TPSA) is 125 Å². The number of rotatable bonds is 11. The van der Waals surface area contributed by atoms with Crippen molar-refractivity contribution in [3.8, 4) is 11.5 Å². The van der Waals surface area contributed by atoms with Crippen molar-refractivity contribution >= 4 is 45.2 Å². The highest BCUT2D eigenvalue weighted by Crippen LogP contribution is 2.86. The molecule has 394 valence electrons. The predicted molar refractivity (Wildman–Crippen MR) is 298 cm³/mol. The Morgan fingerprint density at radius 3 is 0.806 bits per heavy atom. The zero-order valence-electron chi connectivity index (χ0n) is 42.7. The van der Waals surface area contributed by atoms with Crippen molar-refractivity contribution in [3.63, 3.8) is 0 Å². The van der Waals surface area contributed by atoms with Crippen LogP contribution in [0.4, 0.5) is 0 Å². The summed E-state index contributed by atoms with van der Waals surface area (Å²) in [5, 5.41) is 0. The zero-order valence-corrected chi connectivity index (χ0v) is 48.1. The molecule has 0 saturated carbocycles. The van der Waals surface area contributed by atoms with Gasteiger partial charge in [-0.1, -0.05) is 36.4 Å². The first-order valence-electron chi connectivity index (χ1n) is 28.4. The summed E-state index contributed by atoms with van der Waals surface area (Å²) in [7, 11) is -16.8. The molecule has 0 aliphatic carbocycles. The molecule has 0 aromatic heterocycles. The summed E-state index contributed by atoms with van der Waals surface area (Å²) in [6.45, 7) is 19.8. The summed E-state index contributed by atoms with van der Waals surface area (Å²) in [5.41, 5.74) is 2.45. The number of para-hydroxylation sites is 2. The molecule has 2 aromatic carbocycles. The van der Waals surface area contributed by atoms with Crippen LogP contribution in [0.2, 0.25) is 0 Å². The second-order valence-corrected chi connectivity index (χ2v) is 38.8. The van der Waals surface area contributed by atoms with Crippen molar-refractivity contribution in [2.75, 3.05) is 118 Å². The number of benzene rings is 2. The Hall–Kier alpha value is -0.980. The molecule has 2 unspecified atom stereocenters. The number of nitrogens with zero attached hydrogens (tertiary/aromatic N) is 16. The van der Waals surface area contributed by atoms with Crippen molar-refractivity contribution in [1.29, 1.82) is 0 Å². The van der Waals surface area contributed by atoms with Crippen molar-refractivity contribution in [1.82, 2.24) is 46.7 Å². The van der Waals surface area contributed by atoms with Crippen LogP contribution in [-0.4, -0.2) is 165 Å². The molecule has 12 heterocycles. The normalized spacial score (nSPS) is 33.5. The van der Waals surface area contributed by atoms with Gasteiger partial charge in [-0.2, -0.15) is 27.1 Å². The van der Waals surface area contributed by atoms with Gasteiger partial charge in [-0.05, 0) is 115 Å². The summed E-state index contributed by atoms with van der Waals surface area (Å²) in [4.78, 5) is 0. The molecule has 0 amide bonds. The fourth-order valence-corrected chi connectivity index (χ4v) is 44.3. The minimum Gasteiger partial charge on any atom is -0.430 e. The third kappa shape index (κ3) is 8.31. The van der Waals surface area contributed by atoms with Gasteiger partial charge in [0.25, 0.3) is 0 Å². The molecule has 2 atom stereocenters. The summed E-state index contributed by atoms with van der Waals surface area (Å²) < 4.78 is 82.1. The third-order valence-corrected chi connectivity index (χ3v) is 41.3. The Bertz CT molecular complexity index is 2390. The molecule has 0 N–H and O–H groups in total. The quantitative estimate of drug-likeness (QED) is 0.199. The first kappa shape index (κ1) is 49.3. The molecule has 2 aromatic rings. The van der Waals surface area contributed by atoms with Crippen LogP contribution in [0.3, 0.4) is 0 Å². The fourth-order valence-electron chi connectivity index (χ4n) is 13.8. The van der Waals surface area contributed by atoms with Gasteiger partial charge < -0.3 is 9.05 Å². The van der Waals surface area contributed by atoms with Crippen LogP contribution < -0.4 is 9.05 Å². The van der Waals surface area contributed by atoms with E-state index in [1.54, 1.807) is 0 Å². The van der Waals surface area contributed by atoms with E-state index in [4.69, 9.17) is 36.1 Å². The van der Waals surface area contributed by atoms with E-state index in [1.165, 1.54) is 114 Å². The van der Waals surface area contributed by atoms with Gasteiger partial charge in [0.2, 0.25) is 30.0 Å². The van der Waals surface area contributed by atoms with E-state index in [9.17, 15) is 0 Å². The fraction of sp³-hybridized carbons (Fsp3) is 0.750. The molecule has 8 fully saturated rings. The van der Waals surface area contributed by atoms with Gasteiger partial charge in [-0.25, -0.2) is 46.7 Å². The summed E-state index contributed by atoms with van der Waals surface area (Å²) in [5.74, 6) is 1.93. The van der Waals surface area contributed by atoms with Crippen molar-refractivity contribution in [2.24, 2.45) is 27.1 Å². The van der Waals surface area contributed by atoms with Gasteiger partial charge in [0.05, 0.1) is 0 Å². The Morgan fingerprint density at radius 2 is 0.542 bits per heavy atom. The molecule has 14 rings (SSSR count). The maximum atomic E-state index is 7.87. The standard InChI is InChI=1S/C48H80N16O2P6/c1-3-23-47-45(21-1)43-63(71(65-47)51-67(55-25-5-6-26-55,56-27-7-8-28-56)49-68(52-71,57-29-9-10-30-57)58-31-11-12-32-58)41-42-64-44-46-22-2-4-24-48(46)66-72(64)53-69(59-33-13-14-34-59,60-35-15-16-36-60)50-70(54-72,61-37-17-18-38-61)62-39-19-20-40-62/h1-4,21-24H,5-20,25-44H2. The predicted octanol–water partition coefficient (Wildman–Crippen LogP) is 13.2. The number of hydrogen-bond donors (Lipinski definition) is 0. The molecule has 72 heavy (non-hydrogen) atoms. The van der Waals surface area contributed by atoms with E-state index in [0.29, 0.717) is 0 Å². The van der Waals surface area contributed by atoms with E-state index >= 15 is 0 Å². The van der Waals surface area contributed by atoms with Crippen LogP contribution in [0.1, 0.15) is 114 Å². The molecule has 2 spiro atoms. The Morgan fingerprint density at radius 1 is 0.306 bits per heavy atom. The lowest BCUT2D eigenvalue weighted by molar-refractivity contribution is 0.303. The number of fused-ring (bicyclic) bond motifs is 2. The van der Waals surface area contributed by atoms with E-state index in [0.717, 1.165) is 142 Å². The van der Waals surface area contributed by atoms with Gasteiger partial charge in [0.1, 0.15) is 11.5 Å². The molecule has 8 saturated heterocycles. The van der Waals surface area contributed by atoms with Gasteiger partial charge in [-0.15, -0.1) is 0 Å².